The fraction of sp³-hybridized carbons (Fsp3) is 0.667. The first kappa shape index (κ1) is 5.69. The zero-order chi connectivity index (χ0) is 4.99. The molecule has 0 aromatic heterocycles. The summed E-state index contributed by atoms with van der Waals surface area (Å²) in [5.41, 5.74) is -0.572. The third-order valence-electron chi connectivity index (χ3n) is 0.464. The van der Waals surface area contributed by atoms with Crippen molar-refractivity contribution < 1.29 is 9.90 Å². The summed E-state index contributed by atoms with van der Waals surface area (Å²) >= 11 is 0. The molecule has 0 bridgehead atoms. The molecular weight excluding hydrogens is 96.1 g/mol. The first-order valence-electron chi connectivity index (χ1n) is 1.99. The van der Waals surface area contributed by atoms with E-state index in [0.29, 0.717) is 0 Å². The van der Waals surface area contributed by atoms with Crippen LogP contribution in [-0.2, 0) is 0 Å². The van der Waals surface area contributed by atoms with E-state index < -0.39 is 15.1 Å². The minimum atomic E-state index is -0.727. The fourth-order valence-electron chi connectivity index (χ4n) is 0.214. The quantitative estimate of drug-likeness (QED) is 0.511. The van der Waals surface area contributed by atoms with Crippen molar-refractivity contribution in [2.24, 2.45) is 0 Å². The molecule has 6 heavy (non-hydrogen) atoms. The third-order valence-corrected chi connectivity index (χ3v) is 1.39. The van der Waals surface area contributed by atoms with Gasteiger partial charge in [0, 0.05) is 0 Å². The van der Waals surface area contributed by atoms with Gasteiger partial charge in [-0.2, -0.15) is 0 Å². The van der Waals surface area contributed by atoms with Gasteiger partial charge >= 0.3 is 0 Å². The lowest BCUT2D eigenvalue weighted by molar-refractivity contribution is 0.220. The Morgan fingerprint density at radius 2 is 2.50 bits per heavy atom. The molecule has 1 N–H and O–H groups in total. The van der Waals surface area contributed by atoms with Crippen LogP contribution in [0.15, 0.2) is 0 Å². The van der Waals surface area contributed by atoms with Gasteiger partial charge in [0.2, 0.25) is 0 Å². The van der Waals surface area contributed by atoms with Crippen LogP contribution < -0.4 is 0 Å². The maximum atomic E-state index is 9.66. The standard InChI is InChI=1S/C3H8O2Si/c1-2-6-3(4)5/h2,6H2,1H3,(H,4,5). The zero-order valence-electron chi connectivity index (χ0n) is 3.77. The molecule has 0 heterocycles. The fourth-order valence-corrected chi connectivity index (χ4v) is 0.642. The van der Waals surface area contributed by atoms with E-state index in [9.17, 15) is 4.79 Å². The van der Waals surface area contributed by atoms with Crippen LogP contribution in [0.2, 0.25) is 6.04 Å². The lowest BCUT2D eigenvalue weighted by atomic mass is 11.0. The molecule has 0 rings (SSSR count). The summed E-state index contributed by atoms with van der Waals surface area (Å²) in [6.07, 6.45) is 0. The van der Waals surface area contributed by atoms with Crippen LogP contribution in [0.4, 0.5) is 4.79 Å². The topological polar surface area (TPSA) is 37.3 Å². The van der Waals surface area contributed by atoms with Gasteiger partial charge in [-0.1, -0.05) is 13.0 Å². The summed E-state index contributed by atoms with van der Waals surface area (Å²) in [5.74, 6) is 0. The van der Waals surface area contributed by atoms with Crippen LogP contribution in [-0.4, -0.2) is 20.2 Å². The van der Waals surface area contributed by atoms with Crippen molar-refractivity contribution in [3.05, 3.63) is 0 Å². The minimum Gasteiger partial charge on any atom is -0.486 e. The Kier molecular flexibility index (Phi) is 2.75. The molecule has 2 nitrogen and oxygen atoms in total. The van der Waals surface area contributed by atoms with Crippen molar-refractivity contribution >= 4 is 15.1 Å². The molecule has 0 radical (unpaired) electrons. The first-order valence-corrected chi connectivity index (χ1v) is 3.70. The zero-order valence-corrected chi connectivity index (χ0v) is 5.18. The number of hydrogen-bond acceptors (Lipinski definition) is 1. The molecular formula is C3H8O2Si. The highest BCUT2D eigenvalue weighted by molar-refractivity contribution is 6.71. The second kappa shape index (κ2) is 2.90. The van der Waals surface area contributed by atoms with Crippen LogP contribution in [0.5, 0.6) is 0 Å². The van der Waals surface area contributed by atoms with Crippen molar-refractivity contribution in [1.29, 1.82) is 0 Å². The average Bonchev–Trinajstić information content (AvgIpc) is 1.35. The summed E-state index contributed by atoms with van der Waals surface area (Å²) < 4.78 is 0. The number of carboxylic acid groups (broad SMARTS) is 1. The Balaban J connectivity index is 2.83. The number of hydrogen-bond donors (Lipinski definition) is 1. The van der Waals surface area contributed by atoms with Crippen molar-refractivity contribution in [3.8, 4) is 0 Å². The molecule has 0 aromatic carbocycles. The van der Waals surface area contributed by atoms with Crippen LogP contribution in [0.1, 0.15) is 6.92 Å². The smallest absolute Gasteiger partial charge is 0.261 e. The van der Waals surface area contributed by atoms with Gasteiger partial charge in [-0.15, -0.1) is 0 Å². The number of carbonyl (C=O) groups is 1. The van der Waals surface area contributed by atoms with Crippen molar-refractivity contribution in [3.63, 3.8) is 0 Å². The Hall–Kier alpha value is -0.313. The van der Waals surface area contributed by atoms with E-state index in [1.54, 1.807) is 0 Å². The summed E-state index contributed by atoms with van der Waals surface area (Å²) in [6, 6.07) is 0.870. The van der Waals surface area contributed by atoms with E-state index in [1.807, 2.05) is 6.92 Å². The molecule has 0 saturated heterocycles. The van der Waals surface area contributed by atoms with E-state index in [2.05, 4.69) is 0 Å². The molecule has 0 aliphatic heterocycles. The van der Waals surface area contributed by atoms with Crippen molar-refractivity contribution in [2.75, 3.05) is 0 Å². The molecule has 36 valence electrons. The maximum Gasteiger partial charge on any atom is 0.261 e. The van der Waals surface area contributed by atoms with Crippen LogP contribution in [0, 0.1) is 0 Å². The molecule has 0 spiro atoms. The minimum absolute atomic E-state index is 0.572. The lowest BCUT2D eigenvalue weighted by Crippen LogP contribution is -2.01. The van der Waals surface area contributed by atoms with Crippen molar-refractivity contribution in [2.45, 2.75) is 13.0 Å². The van der Waals surface area contributed by atoms with E-state index >= 15 is 0 Å². The Morgan fingerprint density at radius 1 is 2.00 bits per heavy atom. The molecule has 3 heteroatoms. The van der Waals surface area contributed by atoms with E-state index in [0.717, 1.165) is 6.04 Å². The molecule has 0 fully saturated rings. The van der Waals surface area contributed by atoms with Crippen LogP contribution in [0.25, 0.3) is 0 Å². The molecule has 0 unspecified atom stereocenters. The summed E-state index contributed by atoms with van der Waals surface area (Å²) in [5, 5.41) is 7.98. The largest absolute Gasteiger partial charge is 0.486 e. The maximum absolute atomic E-state index is 9.66. The van der Waals surface area contributed by atoms with Gasteiger partial charge in [-0.3, -0.25) is 4.79 Å². The SMILES string of the molecule is CC[SiH2]C(=O)O. The Bertz CT molecular complexity index is 52.8. The van der Waals surface area contributed by atoms with E-state index in [-0.39, 0.29) is 0 Å². The van der Waals surface area contributed by atoms with Gasteiger partial charge in [0.1, 0.15) is 0 Å². The van der Waals surface area contributed by atoms with Gasteiger partial charge in [-0.05, 0) is 0 Å². The summed E-state index contributed by atoms with van der Waals surface area (Å²) in [4.78, 5) is 9.66. The normalized spacial score (nSPS) is 10.2. The third kappa shape index (κ3) is 3.69. The lowest BCUT2D eigenvalue weighted by Gasteiger charge is -1.78. The first-order chi connectivity index (χ1) is 2.77. The Labute approximate surface area is 39.0 Å². The van der Waals surface area contributed by atoms with Gasteiger partial charge in [0.15, 0.2) is 9.52 Å². The molecule has 0 amide bonds. The molecule has 0 aliphatic carbocycles. The molecule has 0 saturated carbocycles. The predicted molar refractivity (Wildman–Crippen MR) is 27.0 cm³/mol. The highest BCUT2D eigenvalue weighted by Gasteiger charge is 1.89. The molecule has 0 aliphatic rings. The van der Waals surface area contributed by atoms with E-state index in [1.165, 1.54) is 0 Å². The predicted octanol–water partition coefficient (Wildman–Crippen LogP) is 0.271. The average molecular weight is 104 g/mol. The van der Waals surface area contributed by atoms with Gasteiger partial charge in [-0.25, -0.2) is 0 Å². The Morgan fingerprint density at radius 3 is 2.50 bits per heavy atom. The van der Waals surface area contributed by atoms with Gasteiger partial charge in [0.05, 0.1) is 0 Å². The summed E-state index contributed by atoms with van der Waals surface area (Å²) in [6.45, 7) is 1.90. The summed E-state index contributed by atoms with van der Waals surface area (Å²) in [7, 11) is -0.727. The molecule has 0 aromatic rings. The van der Waals surface area contributed by atoms with Crippen LogP contribution >= 0.6 is 0 Å². The van der Waals surface area contributed by atoms with Crippen molar-refractivity contribution in [1.82, 2.24) is 0 Å². The van der Waals surface area contributed by atoms with Gasteiger partial charge in [0.25, 0.3) is 5.59 Å². The van der Waals surface area contributed by atoms with Crippen LogP contribution in [0.3, 0.4) is 0 Å². The monoisotopic (exact) mass is 104 g/mol. The second-order valence-electron chi connectivity index (χ2n) is 1.14. The highest BCUT2D eigenvalue weighted by Crippen LogP contribution is 1.71. The molecule has 0 atom stereocenters. The van der Waals surface area contributed by atoms with Gasteiger partial charge < -0.3 is 5.11 Å². The van der Waals surface area contributed by atoms with E-state index in [4.69, 9.17) is 5.11 Å². The second-order valence-corrected chi connectivity index (χ2v) is 3.25. The number of rotatable bonds is 2. The highest BCUT2D eigenvalue weighted by atomic mass is 28.2.